The molecule has 1 amide bonds. The second-order valence-corrected chi connectivity index (χ2v) is 8.64. The van der Waals surface area contributed by atoms with Crippen LogP contribution in [0.5, 0.6) is 0 Å². The standard InChI is InChI=1S/C24H36N2O/c1-5-20-8-12-25(13-9-20)17-24(27)26-14-10-21(11-15-26)22-6-7-23(18(2)3)19(4)16-22/h6-7,16,20-21H,2,5,8-15,17H2,1,3-4H3. The highest BCUT2D eigenvalue weighted by Gasteiger charge is 2.26. The van der Waals surface area contributed by atoms with Crippen LogP contribution in [0.25, 0.3) is 5.57 Å². The van der Waals surface area contributed by atoms with E-state index >= 15 is 0 Å². The Bertz CT molecular complexity index is 665. The zero-order valence-electron chi connectivity index (χ0n) is 17.5. The van der Waals surface area contributed by atoms with Gasteiger partial charge in [0.1, 0.15) is 0 Å². The SMILES string of the molecule is C=C(C)c1ccc(C2CCN(C(=O)CN3CCC(CC)CC3)CC2)cc1C. The highest BCUT2D eigenvalue weighted by molar-refractivity contribution is 5.78. The van der Waals surface area contributed by atoms with Crippen LogP contribution in [0.4, 0.5) is 0 Å². The number of rotatable bonds is 5. The average Bonchev–Trinajstić information content (AvgIpc) is 2.68. The number of piperidine rings is 2. The van der Waals surface area contributed by atoms with Crippen LogP contribution in [0.3, 0.4) is 0 Å². The van der Waals surface area contributed by atoms with E-state index in [0.717, 1.165) is 50.5 Å². The van der Waals surface area contributed by atoms with Crippen molar-refractivity contribution in [3.63, 3.8) is 0 Å². The molecule has 0 atom stereocenters. The van der Waals surface area contributed by atoms with Gasteiger partial charge in [-0.2, -0.15) is 0 Å². The third-order valence-electron chi connectivity index (χ3n) is 6.67. The normalized spacial score (nSPS) is 20.0. The summed E-state index contributed by atoms with van der Waals surface area (Å²) in [7, 11) is 0. The Kier molecular flexibility index (Phi) is 6.75. The number of carbonyl (C=O) groups is 1. The van der Waals surface area contributed by atoms with E-state index in [1.165, 1.54) is 36.0 Å². The Morgan fingerprint density at radius 2 is 1.78 bits per heavy atom. The van der Waals surface area contributed by atoms with Crippen LogP contribution >= 0.6 is 0 Å². The fraction of sp³-hybridized carbons (Fsp3) is 0.625. The lowest BCUT2D eigenvalue weighted by Crippen LogP contribution is -2.45. The van der Waals surface area contributed by atoms with Crippen LogP contribution in [0.15, 0.2) is 24.8 Å². The zero-order valence-corrected chi connectivity index (χ0v) is 17.5. The van der Waals surface area contributed by atoms with Crippen LogP contribution in [-0.4, -0.2) is 48.4 Å². The second kappa shape index (κ2) is 9.05. The molecule has 2 aliphatic heterocycles. The maximum absolute atomic E-state index is 12.7. The lowest BCUT2D eigenvalue weighted by Gasteiger charge is -2.36. The van der Waals surface area contributed by atoms with E-state index in [1.54, 1.807) is 0 Å². The zero-order chi connectivity index (χ0) is 19.4. The first-order valence-electron chi connectivity index (χ1n) is 10.7. The van der Waals surface area contributed by atoms with Crippen molar-refractivity contribution in [3.05, 3.63) is 41.5 Å². The van der Waals surface area contributed by atoms with Gasteiger partial charge in [0, 0.05) is 13.1 Å². The molecule has 2 saturated heterocycles. The van der Waals surface area contributed by atoms with Crippen molar-refractivity contribution in [2.75, 3.05) is 32.7 Å². The Balaban J connectivity index is 1.49. The fourth-order valence-electron chi connectivity index (χ4n) is 4.73. The first-order valence-corrected chi connectivity index (χ1v) is 10.7. The highest BCUT2D eigenvalue weighted by atomic mass is 16.2. The summed E-state index contributed by atoms with van der Waals surface area (Å²) in [5.74, 6) is 1.77. The number of carbonyl (C=O) groups excluding carboxylic acids is 1. The number of nitrogens with zero attached hydrogens (tertiary/aromatic N) is 2. The predicted molar refractivity (Wildman–Crippen MR) is 114 cm³/mol. The molecule has 1 aromatic rings. The Morgan fingerprint density at radius 1 is 1.11 bits per heavy atom. The van der Waals surface area contributed by atoms with E-state index in [0.29, 0.717) is 18.4 Å². The molecule has 0 radical (unpaired) electrons. The molecule has 27 heavy (non-hydrogen) atoms. The molecule has 0 unspecified atom stereocenters. The van der Waals surface area contributed by atoms with E-state index < -0.39 is 0 Å². The maximum atomic E-state index is 12.7. The topological polar surface area (TPSA) is 23.6 Å². The van der Waals surface area contributed by atoms with Crippen LogP contribution in [0.1, 0.15) is 68.6 Å². The van der Waals surface area contributed by atoms with Crippen molar-refractivity contribution in [2.24, 2.45) is 5.92 Å². The summed E-state index contributed by atoms with van der Waals surface area (Å²) < 4.78 is 0. The quantitative estimate of drug-likeness (QED) is 0.741. The van der Waals surface area contributed by atoms with Gasteiger partial charge in [-0.15, -0.1) is 0 Å². The van der Waals surface area contributed by atoms with Gasteiger partial charge in [-0.1, -0.05) is 43.7 Å². The first kappa shape index (κ1) is 20.1. The molecule has 0 spiro atoms. The van der Waals surface area contributed by atoms with Crippen LogP contribution in [0, 0.1) is 12.8 Å². The van der Waals surface area contributed by atoms with E-state index in [4.69, 9.17) is 0 Å². The van der Waals surface area contributed by atoms with Crippen molar-refractivity contribution in [1.29, 1.82) is 0 Å². The number of aryl methyl sites for hydroxylation is 1. The van der Waals surface area contributed by atoms with Gasteiger partial charge in [0.15, 0.2) is 0 Å². The Morgan fingerprint density at radius 3 is 2.33 bits per heavy atom. The lowest BCUT2D eigenvalue weighted by molar-refractivity contribution is -0.133. The van der Waals surface area contributed by atoms with Gasteiger partial charge in [0.2, 0.25) is 5.91 Å². The molecule has 3 rings (SSSR count). The van der Waals surface area contributed by atoms with Crippen molar-refractivity contribution < 1.29 is 4.79 Å². The summed E-state index contributed by atoms with van der Waals surface area (Å²) in [5.41, 5.74) is 5.13. The minimum atomic E-state index is 0.331. The number of hydrogen-bond acceptors (Lipinski definition) is 2. The van der Waals surface area contributed by atoms with E-state index in [2.05, 4.69) is 55.3 Å². The van der Waals surface area contributed by atoms with Gasteiger partial charge < -0.3 is 4.90 Å². The van der Waals surface area contributed by atoms with Crippen LogP contribution < -0.4 is 0 Å². The smallest absolute Gasteiger partial charge is 0.236 e. The second-order valence-electron chi connectivity index (χ2n) is 8.64. The Hall–Kier alpha value is -1.61. The predicted octanol–water partition coefficient (Wildman–Crippen LogP) is 4.86. The molecule has 3 nitrogen and oxygen atoms in total. The molecule has 0 bridgehead atoms. The summed E-state index contributed by atoms with van der Waals surface area (Å²) in [5, 5.41) is 0. The third-order valence-corrected chi connectivity index (χ3v) is 6.67. The summed E-state index contributed by atoms with van der Waals surface area (Å²) in [6.07, 6.45) is 5.95. The number of amides is 1. The van der Waals surface area contributed by atoms with Crippen molar-refractivity contribution in [1.82, 2.24) is 9.80 Å². The molecule has 148 valence electrons. The molecule has 2 heterocycles. The molecular formula is C24H36N2O. The van der Waals surface area contributed by atoms with Gasteiger partial charge in [0.25, 0.3) is 0 Å². The van der Waals surface area contributed by atoms with Crippen LogP contribution in [0.2, 0.25) is 0 Å². The van der Waals surface area contributed by atoms with Crippen molar-refractivity contribution in [2.45, 2.75) is 58.8 Å². The van der Waals surface area contributed by atoms with Crippen molar-refractivity contribution in [3.8, 4) is 0 Å². The lowest BCUT2D eigenvalue weighted by atomic mass is 9.87. The molecule has 1 aromatic carbocycles. The average molecular weight is 369 g/mol. The van der Waals surface area contributed by atoms with Gasteiger partial charge in [-0.25, -0.2) is 0 Å². The number of benzene rings is 1. The first-order chi connectivity index (χ1) is 13.0. The van der Waals surface area contributed by atoms with E-state index in [-0.39, 0.29) is 0 Å². The summed E-state index contributed by atoms with van der Waals surface area (Å²) in [6, 6.07) is 6.80. The van der Waals surface area contributed by atoms with Gasteiger partial charge in [0.05, 0.1) is 6.54 Å². The Labute approximate surface area is 165 Å². The minimum Gasteiger partial charge on any atom is -0.342 e. The van der Waals surface area contributed by atoms with Crippen LogP contribution in [-0.2, 0) is 4.79 Å². The largest absolute Gasteiger partial charge is 0.342 e. The molecule has 2 aliphatic rings. The third kappa shape index (κ3) is 5.01. The fourth-order valence-corrected chi connectivity index (χ4v) is 4.73. The van der Waals surface area contributed by atoms with Crippen molar-refractivity contribution >= 4 is 11.5 Å². The summed E-state index contributed by atoms with van der Waals surface area (Å²) in [6.45, 7) is 15.2. The molecule has 0 aromatic heterocycles. The monoisotopic (exact) mass is 368 g/mol. The van der Waals surface area contributed by atoms with Gasteiger partial charge >= 0.3 is 0 Å². The number of likely N-dealkylation sites (tertiary alicyclic amines) is 2. The van der Waals surface area contributed by atoms with Gasteiger partial charge in [-0.3, -0.25) is 9.69 Å². The van der Waals surface area contributed by atoms with Gasteiger partial charge in [-0.05, 0) is 81.1 Å². The molecular weight excluding hydrogens is 332 g/mol. The summed E-state index contributed by atoms with van der Waals surface area (Å²) >= 11 is 0. The molecule has 0 aliphatic carbocycles. The van der Waals surface area contributed by atoms with E-state index in [1.807, 2.05) is 0 Å². The molecule has 2 fully saturated rings. The van der Waals surface area contributed by atoms with E-state index in [9.17, 15) is 4.79 Å². The number of hydrogen-bond donors (Lipinski definition) is 0. The molecule has 3 heteroatoms. The highest BCUT2D eigenvalue weighted by Crippen LogP contribution is 2.30. The molecule has 0 N–H and O–H groups in total. The molecule has 0 saturated carbocycles. The maximum Gasteiger partial charge on any atom is 0.236 e. The number of allylic oxidation sites excluding steroid dienone is 1. The summed E-state index contributed by atoms with van der Waals surface area (Å²) in [4.78, 5) is 17.2. The minimum absolute atomic E-state index is 0.331.